The maximum atomic E-state index is 10.6. The third-order valence-electron chi connectivity index (χ3n) is 2.80. The van der Waals surface area contributed by atoms with Crippen LogP contribution in [-0.2, 0) is 0 Å². The average molecular weight is 309 g/mol. The van der Waals surface area contributed by atoms with Crippen LogP contribution in [0.4, 0.5) is 11.4 Å². The first-order valence-corrected chi connectivity index (χ1v) is 6.54. The van der Waals surface area contributed by atoms with E-state index in [1.807, 2.05) is 0 Å². The Balaban J connectivity index is 1.96. The summed E-state index contributed by atoms with van der Waals surface area (Å²) >= 11 is 0. The molecule has 0 spiro atoms. The predicted octanol–water partition coefficient (Wildman–Crippen LogP) is 2.97. The maximum absolute atomic E-state index is 10.6. The van der Waals surface area contributed by atoms with Crippen LogP contribution in [0.5, 0.6) is 0 Å². The van der Waals surface area contributed by atoms with Crippen LogP contribution in [0.25, 0.3) is 0 Å². The largest absolute Gasteiger partial charge is 0.280 e. The SMILES string of the molecule is O=[N+]([O-])c1ccc(C#CC/N=C/c2cccc([N+](=O)[O-])c2)cc1. The van der Waals surface area contributed by atoms with Crippen LogP contribution < -0.4 is 0 Å². The first kappa shape index (κ1) is 15.9. The Morgan fingerprint density at radius 1 is 1.00 bits per heavy atom. The topological polar surface area (TPSA) is 98.6 Å². The Hall–Kier alpha value is -3.53. The number of hydrogen-bond donors (Lipinski definition) is 0. The van der Waals surface area contributed by atoms with Crippen molar-refractivity contribution >= 4 is 17.6 Å². The highest BCUT2D eigenvalue weighted by atomic mass is 16.6. The van der Waals surface area contributed by atoms with Crippen LogP contribution in [0.1, 0.15) is 11.1 Å². The summed E-state index contributed by atoms with van der Waals surface area (Å²) in [7, 11) is 0. The Labute approximate surface area is 131 Å². The van der Waals surface area contributed by atoms with Crippen molar-refractivity contribution in [2.45, 2.75) is 0 Å². The van der Waals surface area contributed by atoms with Gasteiger partial charge in [-0.1, -0.05) is 24.0 Å². The molecule has 7 nitrogen and oxygen atoms in total. The summed E-state index contributed by atoms with van der Waals surface area (Å²) in [5.41, 5.74) is 1.29. The fourth-order valence-electron chi connectivity index (χ4n) is 1.72. The minimum absolute atomic E-state index is 0.00548. The number of rotatable bonds is 4. The highest BCUT2D eigenvalue weighted by molar-refractivity contribution is 5.80. The number of nitrogens with zero attached hydrogens (tertiary/aromatic N) is 3. The van der Waals surface area contributed by atoms with Crippen molar-refractivity contribution in [2.24, 2.45) is 4.99 Å². The van der Waals surface area contributed by atoms with E-state index in [4.69, 9.17) is 0 Å². The second-order valence-corrected chi connectivity index (χ2v) is 4.43. The van der Waals surface area contributed by atoms with E-state index in [-0.39, 0.29) is 17.9 Å². The third kappa shape index (κ3) is 4.75. The van der Waals surface area contributed by atoms with Gasteiger partial charge < -0.3 is 0 Å². The maximum Gasteiger partial charge on any atom is 0.270 e. The molecule has 0 heterocycles. The highest BCUT2D eigenvalue weighted by Gasteiger charge is 2.03. The van der Waals surface area contributed by atoms with Crippen LogP contribution in [0, 0.1) is 32.1 Å². The summed E-state index contributed by atoms with van der Waals surface area (Å²) < 4.78 is 0. The van der Waals surface area contributed by atoms with Gasteiger partial charge in [0, 0.05) is 36.0 Å². The molecule has 0 aliphatic carbocycles. The van der Waals surface area contributed by atoms with Gasteiger partial charge in [0.15, 0.2) is 0 Å². The summed E-state index contributed by atoms with van der Waals surface area (Å²) in [5.74, 6) is 5.64. The van der Waals surface area contributed by atoms with E-state index in [1.165, 1.54) is 30.5 Å². The lowest BCUT2D eigenvalue weighted by Gasteiger charge is -1.93. The Morgan fingerprint density at radius 3 is 2.35 bits per heavy atom. The zero-order valence-corrected chi connectivity index (χ0v) is 11.9. The lowest BCUT2D eigenvalue weighted by molar-refractivity contribution is -0.385. The van der Waals surface area contributed by atoms with Crippen LogP contribution in [0.15, 0.2) is 53.5 Å². The van der Waals surface area contributed by atoms with E-state index in [0.717, 1.165) is 0 Å². The number of benzene rings is 2. The van der Waals surface area contributed by atoms with E-state index in [0.29, 0.717) is 11.1 Å². The fourth-order valence-corrected chi connectivity index (χ4v) is 1.72. The summed E-state index contributed by atoms with van der Waals surface area (Å²) in [6, 6.07) is 12.0. The molecule has 114 valence electrons. The van der Waals surface area contributed by atoms with Crippen molar-refractivity contribution in [3.63, 3.8) is 0 Å². The fraction of sp³-hybridized carbons (Fsp3) is 0.0625. The minimum atomic E-state index is -0.472. The molecule has 23 heavy (non-hydrogen) atoms. The molecule has 0 saturated heterocycles. The van der Waals surface area contributed by atoms with E-state index >= 15 is 0 Å². The highest BCUT2D eigenvalue weighted by Crippen LogP contribution is 2.12. The molecule has 2 aromatic rings. The minimum Gasteiger partial charge on any atom is -0.280 e. The van der Waals surface area contributed by atoms with Gasteiger partial charge in [0.1, 0.15) is 6.54 Å². The van der Waals surface area contributed by atoms with Crippen molar-refractivity contribution in [3.05, 3.63) is 79.9 Å². The van der Waals surface area contributed by atoms with Gasteiger partial charge in [-0.05, 0) is 17.7 Å². The average Bonchev–Trinajstić information content (AvgIpc) is 2.55. The molecule has 0 unspecified atom stereocenters. The molecule has 0 aromatic heterocycles. The molecule has 0 amide bonds. The van der Waals surface area contributed by atoms with Crippen LogP contribution in [0.3, 0.4) is 0 Å². The summed E-state index contributed by atoms with van der Waals surface area (Å²) in [5, 5.41) is 21.2. The van der Waals surface area contributed by atoms with Gasteiger partial charge >= 0.3 is 0 Å². The molecule has 0 aliphatic heterocycles. The first-order valence-electron chi connectivity index (χ1n) is 6.54. The molecular weight excluding hydrogens is 298 g/mol. The second-order valence-electron chi connectivity index (χ2n) is 4.43. The molecule has 2 aromatic carbocycles. The normalized spacial score (nSPS) is 10.1. The molecule has 0 atom stereocenters. The van der Waals surface area contributed by atoms with Gasteiger partial charge in [0.25, 0.3) is 11.4 Å². The van der Waals surface area contributed by atoms with E-state index in [1.54, 1.807) is 24.3 Å². The Kier molecular flexibility index (Phi) is 5.15. The molecule has 0 radical (unpaired) electrons. The number of hydrogen-bond acceptors (Lipinski definition) is 5. The molecular formula is C16H11N3O4. The van der Waals surface area contributed by atoms with Crippen molar-refractivity contribution in [2.75, 3.05) is 6.54 Å². The zero-order chi connectivity index (χ0) is 16.7. The number of nitro benzene ring substituents is 2. The molecule has 2 rings (SSSR count). The van der Waals surface area contributed by atoms with Crippen molar-refractivity contribution in [1.82, 2.24) is 0 Å². The van der Waals surface area contributed by atoms with Gasteiger partial charge in [0.2, 0.25) is 0 Å². The summed E-state index contributed by atoms with van der Waals surface area (Å²) in [4.78, 5) is 24.3. The van der Waals surface area contributed by atoms with E-state index < -0.39 is 9.85 Å². The monoisotopic (exact) mass is 309 g/mol. The summed E-state index contributed by atoms with van der Waals surface area (Å²) in [6.45, 7) is 0.222. The molecule has 0 bridgehead atoms. The third-order valence-corrected chi connectivity index (χ3v) is 2.80. The Morgan fingerprint density at radius 2 is 1.70 bits per heavy atom. The lowest BCUT2D eigenvalue weighted by atomic mass is 10.2. The number of non-ortho nitro benzene ring substituents is 2. The van der Waals surface area contributed by atoms with E-state index in [9.17, 15) is 20.2 Å². The smallest absolute Gasteiger partial charge is 0.270 e. The zero-order valence-electron chi connectivity index (χ0n) is 11.9. The molecule has 0 N–H and O–H groups in total. The number of nitro groups is 2. The quantitative estimate of drug-likeness (QED) is 0.375. The molecule has 0 saturated carbocycles. The van der Waals surface area contributed by atoms with Crippen molar-refractivity contribution in [1.29, 1.82) is 0 Å². The van der Waals surface area contributed by atoms with Gasteiger partial charge in [-0.25, -0.2) is 0 Å². The Bertz CT molecular complexity index is 817. The van der Waals surface area contributed by atoms with Gasteiger partial charge in [-0.15, -0.1) is 0 Å². The van der Waals surface area contributed by atoms with Crippen molar-refractivity contribution in [3.8, 4) is 11.8 Å². The summed E-state index contributed by atoms with van der Waals surface area (Å²) in [6.07, 6.45) is 1.51. The molecule has 0 fully saturated rings. The lowest BCUT2D eigenvalue weighted by Crippen LogP contribution is -1.90. The molecule has 7 heteroatoms. The van der Waals surface area contributed by atoms with Crippen LogP contribution in [-0.4, -0.2) is 22.6 Å². The number of aliphatic imine (C=N–C) groups is 1. The first-order chi connectivity index (χ1) is 11.1. The van der Waals surface area contributed by atoms with Gasteiger partial charge in [0.05, 0.1) is 9.85 Å². The van der Waals surface area contributed by atoms with Crippen LogP contribution >= 0.6 is 0 Å². The molecule has 0 aliphatic rings. The second kappa shape index (κ2) is 7.47. The van der Waals surface area contributed by atoms with Crippen LogP contribution in [0.2, 0.25) is 0 Å². The van der Waals surface area contributed by atoms with E-state index in [2.05, 4.69) is 16.8 Å². The van der Waals surface area contributed by atoms with Gasteiger partial charge in [-0.3, -0.25) is 25.2 Å². The standard InChI is InChI=1S/C16H11N3O4/c20-18(21)15-8-6-13(7-9-15)4-2-10-17-12-14-3-1-5-16(11-14)19(22)23/h1,3,5-9,11-12H,10H2/b17-12+. The van der Waals surface area contributed by atoms with Gasteiger partial charge in [-0.2, -0.15) is 0 Å². The van der Waals surface area contributed by atoms with Crippen molar-refractivity contribution < 1.29 is 9.85 Å². The predicted molar refractivity (Wildman–Crippen MR) is 85.5 cm³/mol.